The van der Waals surface area contributed by atoms with Gasteiger partial charge in [0.05, 0.1) is 16.7 Å². The van der Waals surface area contributed by atoms with Gasteiger partial charge in [-0.15, -0.1) is 0 Å². The Morgan fingerprint density at radius 3 is 2.52 bits per heavy atom. The Morgan fingerprint density at radius 1 is 1.00 bits per heavy atom. The third-order valence-electron chi connectivity index (χ3n) is 4.49. The molecule has 0 saturated carbocycles. The van der Waals surface area contributed by atoms with E-state index >= 15 is 0 Å². The summed E-state index contributed by atoms with van der Waals surface area (Å²) in [6.07, 6.45) is 0. The molecule has 5 heteroatoms. The number of imidazole rings is 1. The number of nitrogens with zero attached hydrogens (tertiary/aromatic N) is 2. The lowest BCUT2D eigenvalue weighted by atomic mass is 10.1. The number of anilines is 1. The monoisotopic (exact) mass is 359 g/mol. The second-order valence-corrected chi connectivity index (χ2v) is 6.35. The molecule has 0 fully saturated rings. The normalized spacial score (nSPS) is 10.9. The fourth-order valence-electron chi connectivity index (χ4n) is 3.16. The minimum Gasteiger partial charge on any atom is -0.322 e. The largest absolute Gasteiger partial charge is 0.322 e. The van der Waals surface area contributed by atoms with Crippen LogP contribution in [0, 0.1) is 12.7 Å². The van der Waals surface area contributed by atoms with Crippen molar-refractivity contribution in [2.75, 3.05) is 5.32 Å². The third-order valence-corrected chi connectivity index (χ3v) is 4.49. The highest BCUT2D eigenvalue weighted by molar-refractivity contribution is 5.92. The molecule has 0 atom stereocenters. The number of carbonyl (C=O) groups is 1. The van der Waals surface area contributed by atoms with Crippen molar-refractivity contribution in [3.8, 4) is 11.4 Å². The number of amides is 1. The summed E-state index contributed by atoms with van der Waals surface area (Å²) in [6.45, 7) is 2.05. The SMILES string of the molecule is Cc1ccccc1-c1nc2ccccc2n1CC(=O)Nc1ccccc1F. The fourth-order valence-corrected chi connectivity index (χ4v) is 3.16. The molecular weight excluding hydrogens is 341 g/mol. The number of carbonyl (C=O) groups excluding carboxylic acids is 1. The molecule has 1 amide bonds. The van der Waals surface area contributed by atoms with Crippen LogP contribution in [0.25, 0.3) is 22.4 Å². The lowest BCUT2D eigenvalue weighted by Crippen LogP contribution is -2.20. The van der Waals surface area contributed by atoms with E-state index in [0.717, 1.165) is 28.0 Å². The van der Waals surface area contributed by atoms with Crippen molar-refractivity contribution in [1.82, 2.24) is 9.55 Å². The molecule has 27 heavy (non-hydrogen) atoms. The van der Waals surface area contributed by atoms with Crippen LogP contribution in [0.15, 0.2) is 72.8 Å². The molecule has 0 aliphatic rings. The Hall–Kier alpha value is -3.47. The molecule has 0 aliphatic heterocycles. The summed E-state index contributed by atoms with van der Waals surface area (Å²) in [5, 5.41) is 2.64. The highest BCUT2D eigenvalue weighted by Crippen LogP contribution is 2.27. The number of hydrogen-bond acceptors (Lipinski definition) is 2. The van der Waals surface area contributed by atoms with Crippen LogP contribution in [-0.4, -0.2) is 15.5 Å². The van der Waals surface area contributed by atoms with Crippen molar-refractivity contribution in [2.45, 2.75) is 13.5 Å². The Balaban J connectivity index is 1.74. The van der Waals surface area contributed by atoms with E-state index in [9.17, 15) is 9.18 Å². The predicted octanol–water partition coefficient (Wildman–Crippen LogP) is 4.79. The van der Waals surface area contributed by atoms with Gasteiger partial charge in [-0.05, 0) is 36.8 Å². The minimum absolute atomic E-state index is 0.0402. The Labute approximate surface area is 156 Å². The zero-order valence-corrected chi connectivity index (χ0v) is 14.8. The summed E-state index contributed by atoms with van der Waals surface area (Å²) in [7, 11) is 0. The van der Waals surface area contributed by atoms with Gasteiger partial charge in [-0.2, -0.15) is 0 Å². The quantitative estimate of drug-likeness (QED) is 0.569. The average Bonchev–Trinajstić information content (AvgIpc) is 3.02. The molecule has 4 nitrogen and oxygen atoms in total. The summed E-state index contributed by atoms with van der Waals surface area (Å²) >= 11 is 0. The summed E-state index contributed by atoms with van der Waals surface area (Å²) in [4.78, 5) is 17.3. The summed E-state index contributed by atoms with van der Waals surface area (Å²) in [6, 6.07) is 21.7. The minimum atomic E-state index is -0.458. The number of nitrogens with one attached hydrogen (secondary N) is 1. The number of benzene rings is 3. The van der Waals surface area contributed by atoms with Gasteiger partial charge in [0.25, 0.3) is 0 Å². The van der Waals surface area contributed by atoms with Crippen LogP contribution in [0.5, 0.6) is 0 Å². The number of halogens is 1. The van der Waals surface area contributed by atoms with Crippen LogP contribution in [-0.2, 0) is 11.3 Å². The Kier molecular flexibility index (Phi) is 4.42. The third kappa shape index (κ3) is 3.31. The molecule has 0 radical (unpaired) electrons. The Morgan fingerprint density at radius 2 is 1.70 bits per heavy atom. The first-order valence-corrected chi connectivity index (χ1v) is 8.69. The van der Waals surface area contributed by atoms with Gasteiger partial charge in [0.2, 0.25) is 5.91 Å². The second-order valence-electron chi connectivity index (χ2n) is 6.35. The number of aryl methyl sites for hydroxylation is 1. The summed E-state index contributed by atoms with van der Waals surface area (Å²) in [5.74, 6) is -0.0449. The number of para-hydroxylation sites is 3. The molecule has 1 N–H and O–H groups in total. The first kappa shape index (κ1) is 17.0. The van der Waals surface area contributed by atoms with Crippen LogP contribution in [0.2, 0.25) is 0 Å². The maximum absolute atomic E-state index is 13.8. The van der Waals surface area contributed by atoms with Gasteiger partial charge < -0.3 is 9.88 Å². The maximum atomic E-state index is 13.8. The molecule has 0 unspecified atom stereocenters. The van der Waals surface area contributed by atoms with Gasteiger partial charge in [0.1, 0.15) is 18.2 Å². The lowest BCUT2D eigenvalue weighted by molar-refractivity contribution is -0.116. The van der Waals surface area contributed by atoms with Crippen LogP contribution in [0.4, 0.5) is 10.1 Å². The average molecular weight is 359 g/mol. The highest BCUT2D eigenvalue weighted by Gasteiger charge is 2.17. The lowest BCUT2D eigenvalue weighted by Gasteiger charge is -2.12. The van der Waals surface area contributed by atoms with Crippen molar-refractivity contribution in [2.24, 2.45) is 0 Å². The van der Waals surface area contributed by atoms with Crippen molar-refractivity contribution >= 4 is 22.6 Å². The topological polar surface area (TPSA) is 46.9 Å². The summed E-state index contributed by atoms with van der Waals surface area (Å²) in [5.41, 5.74) is 3.88. The van der Waals surface area contributed by atoms with E-state index in [2.05, 4.69) is 5.32 Å². The number of hydrogen-bond donors (Lipinski definition) is 1. The molecule has 4 aromatic rings. The molecule has 0 aliphatic carbocycles. The van der Waals surface area contributed by atoms with Crippen molar-refractivity contribution in [1.29, 1.82) is 0 Å². The van der Waals surface area contributed by atoms with Crippen molar-refractivity contribution < 1.29 is 9.18 Å². The molecular formula is C22H18FN3O. The zero-order valence-electron chi connectivity index (χ0n) is 14.8. The molecule has 0 spiro atoms. The second kappa shape index (κ2) is 7.03. The van der Waals surface area contributed by atoms with Crippen LogP contribution in [0.3, 0.4) is 0 Å². The van der Waals surface area contributed by atoms with E-state index < -0.39 is 5.82 Å². The van der Waals surface area contributed by atoms with E-state index in [1.54, 1.807) is 18.2 Å². The van der Waals surface area contributed by atoms with E-state index in [-0.39, 0.29) is 18.1 Å². The maximum Gasteiger partial charge on any atom is 0.244 e. The molecule has 134 valence electrons. The molecule has 4 rings (SSSR count). The predicted molar refractivity (Wildman–Crippen MR) is 105 cm³/mol. The molecule has 3 aromatic carbocycles. The molecule has 1 heterocycles. The standard InChI is InChI=1S/C22H18FN3O/c1-15-8-2-3-9-16(15)22-25-19-12-6-7-13-20(19)26(22)14-21(27)24-18-11-5-4-10-17(18)23/h2-13H,14H2,1H3,(H,24,27). The van der Waals surface area contributed by atoms with Crippen molar-refractivity contribution in [3.05, 3.63) is 84.2 Å². The number of rotatable bonds is 4. The smallest absolute Gasteiger partial charge is 0.244 e. The zero-order chi connectivity index (χ0) is 18.8. The molecule has 1 aromatic heterocycles. The Bertz CT molecular complexity index is 1130. The van der Waals surface area contributed by atoms with E-state index in [0.29, 0.717) is 0 Å². The highest BCUT2D eigenvalue weighted by atomic mass is 19.1. The van der Waals surface area contributed by atoms with Crippen molar-refractivity contribution in [3.63, 3.8) is 0 Å². The number of aromatic nitrogens is 2. The van der Waals surface area contributed by atoms with Gasteiger partial charge in [0.15, 0.2) is 0 Å². The van der Waals surface area contributed by atoms with Gasteiger partial charge in [-0.1, -0.05) is 48.5 Å². The van der Waals surface area contributed by atoms with Crippen LogP contribution >= 0.6 is 0 Å². The van der Waals surface area contributed by atoms with E-state index in [1.807, 2.05) is 60.0 Å². The van der Waals surface area contributed by atoms with Crippen LogP contribution < -0.4 is 5.32 Å². The van der Waals surface area contributed by atoms with Gasteiger partial charge in [0, 0.05) is 5.56 Å². The first-order chi connectivity index (χ1) is 13.1. The fraction of sp³-hybridized carbons (Fsp3) is 0.0909. The van der Waals surface area contributed by atoms with Gasteiger partial charge in [-0.25, -0.2) is 9.37 Å². The van der Waals surface area contributed by atoms with Gasteiger partial charge >= 0.3 is 0 Å². The summed E-state index contributed by atoms with van der Waals surface area (Å²) < 4.78 is 15.7. The van der Waals surface area contributed by atoms with Crippen LogP contribution in [0.1, 0.15) is 5.56 Å². The molecule has 0 bridgehead atoms. The van der Waals surface area contributed by atoms with E-state index in [4.69, 9.17) is 4.98 Å². The molecule has 0 saturated heterocycles. The first-order valence-electron chi connectivity index (χ1n) is 8.69. The van der Waals surface area contributed by atoms with E-state index in [1.165, 1.54) is 6.07 Å². The van der Waals surface area contributed by atoms with Gasteiger partial charge in [-0.3, -0.25) is 4.79 Å². The number of fused-ring (bicyclic) bond motifs is 1.